The van der Waals surface area contributed by atoms with E-state index in [-0.39, 0.29) is 0 Å². The first-order chi connectivity index (χ1) is 6.07. The largest absolute Gasteiger partial charge is 0.355 e. The van der Waals surface area contributed by atoms with E-state index in [2.05, 4.69) is 28.7 Å². The Bertz CT molecular complexity index is 316. The predicted molar refractivity (Wildman–Crippen MR) is 53.0 cm³/mol. The van der Waals surface area contributed by atoms with Gasteiger partial charge in [0.2, 0.25) is 0 Å². The van der Waals surface area contributed by atoms with Crippen LogP contribution in [0.25, 0.3) is 0 Å². The lowest BCUT2D eigenvalue weighted by Crippen LogP contribution is -2.53. The molecule has 70 valence electrons. The molecule has 0 saturated carbocycles. The van der Waals surface area contributed by atoms with Gasteiger partial charge in [-0.05, 0) is 5.41 Å². The Morgan fingerprint density at radius 1 is 1.38 bits per heavy atom. The van der Waals surface area contributed by atoms with E-state index in [9.17, 15) is 0 Å². The zero-order valence-electron chi connectivity index (χ0n) is 7.79. The summed E-state index contributed by atoms with van der Waals surface area (Å²) in [5, 5.41) is 0.509. The van der Waals surface area contributed by atoms with Crippen molar-refractivity contribution in [1.82, 2.24) is 9.97 Å². The summed E-state index contributed by atoms with van der Waals surface area (Å²) in [4.78, 5) is 10.2. The molecule has 13 heavy (non-hydrogen) atoms. The van der Waals surface area contributed by atoms with Gasteiger partial charge < -0.3 is 4.90 Å². The van der Waals surface area contributed by atoms with Crippen molar-refractivity contribution < 1.29 is 0 Å². The van der Waals surface area contributed by atoms with Gasteiger partial charge in [-0.2, -0.15) is 0 Å². The van der Waals surface area contributed by atoms with Crippen LogP contribution >= 0.6 is 11.6 Å². The first-order valence-corrected chi connectivity index (χ1v) is 4.67. The number of nitrogens with zero attached hydrogens (tertiary/aromatic N) is 3. The van der Waals surface area contributed by atoms with Crippen LogP contribution in [0.15, 0.2) is 12.4 Å². The molecule has 0 spiro atoms. The quantitative estimate of drug-likeness (QED) is 0.645. The van der Waals surface area contributed by atoms with E-state index in [1.54, 1.807) is 6.07 Å². The molecule has 0 aliphatic carbocycles. The summed E-state index contributed by atoms with van der Waals surface area (Å²) in [7, 11) is 0. The minimum Gasteiger partial charge on any atom is -0.355 e. The molecule has 1 aliphatic rings. The van der Waals surface area contributed by atoms with Crippen LogP contribution in [0.2, 0.25) is 5.15 Å². The van der Waals surface area contributed by atoms with Crippen molar-refractivity contribution in [3.63, 3.8) is 0 Å². The van der Waals surface area contributed by atoms with Crippen molar-refractivity contribution in [2.24, 2.45) is 5.41 Å². The summed E-state index contributed by atoms with van der Waals surface area (Å²) in [5.41, 5.74) is 0.414. The van der Waals surface area contributed by atoms with Gasteiger partial charge in [-0.15, -0.1) is 0 Å². The van der Waals surface area contributed by atoms with Crippen molar-refractivity contribution in [1.29, 1.82) is 0 Å². The fourth-order valence-electron chi connectivity index (χ4n) is 1.65. The maximum atomic E-state index is 5.76. The van der Waals surface area contributed by atoms with Gasteiger partial charge >= 0.3 is 0 Å². The molecule has 1 saturated heterocycles. The van der Waals surface area contributed by atoms with Crippen molar-refractivity contribution in [3.8, 4) is 0 Å². The zero-order valence-corrected chi connectivity index (χ0v) is 8.54. The summed E-state index contributed by atoms with van der Waals surface area (Å²) in [6.45, 7) is 6.57. The fraction of sp³-hybridized carbons (Fsp3) is 0.556. The number of hydrogen-bond donors (Lipinski definition) is 0. The van der Waals surface area contributed by atoms with Crippen LogP contribution in [-0.2, 0) is 0 Å². The molecule has 0 atom stereocenters. The summed E-state index contributed by atoms with van der Waals surface area (Å²) in [6, 6.07) is 1.80. The second-order valence-corrected chi connectivity index (χ2v) is 4.61. The van der Waals surface area contributed by atoms with Crippen LogP contribution < -0.4 is 4.90 Å². The van der Waals surface area contributed by atoms with E-state index >= 15 is 0 Å². The topological polar surface area (TPSA) is 29.0 Å². The molecule has 0 amide bonds. The van der Waals surface area contributed by atoms with Gasteiger partial charge in [0.05, 0.1) is 0 Å². The number of anilines is 1. The summed E-state index contributed by atoms with van der Waals surface area (Å²) >= 11 is 5.76. The third-order valence-corrected chi connectivity index (χ3v) is 2.39. The second-order valence-electron chi connectivity index (χ2n) is 4.22. The Hall–Kier alpha value is -0.830. The Morgan fingerprint density at radius 2 is 2.08 bits per heavy atom. The smallest absolute Gasteiger partial charge is 0.134 e. The van der Waals surface area contributed by atoms with Gasteiger partial charge in [-0.25, -0.2) is 9.97 Å². The van der Waals surface area contributed by atoms with E-state index < -0.39 is 0 Å². The van der Waals surface area contributed by atoms with Crippen molar-refractivity contribution in [2.45, 2.75) is 13.8 Å². The normalized spacial score (nSPS) is 19.8. The van der Waals surface area contributed by atoms with Crippen molar-refractivity contribution >= 4 is 17.4 Å². The first-order valence-electron chi connectivity index (χ1n) is 4.29. The SMILES string of the molecule is CC1(C)CN(c2cc(Cl)ncn2)C1. The fourth-order valence-corrected chi connectivity index (χ4v) is 1.79. The van der Waals surface area contributed by atoms with Gasteiger partial charge in [-0.1, -0.05) is 25.4 Å². The number of hydrogen-bond acceptors (Lipinski definition) is 3. The number of aromatic nitrogens is 2. The van der Waals surface area contributed by atoms with Gasteiger partial charge in [0.1, 0.15) is 17.3 Å². The van der Waals surface area contributed by atoms with Crippen molar-refractivity contribution in [2.75, 3.05) is 18.0 Å². The van der Waals surface area contributed by atoms with Gasteiger partial charge in [0.25, 0.3) is 0 Å². The van der Waals surface area contributed by atoms with E-state index in [1.165, 1.54) is 6.33 Å². The molecule has 1 aromatic rings. The lowest BCUT2D eigenvalue weighted by atomic mass is 9.84. The van der Waals surface area contributed by atoms with Crippen LogP contribution in [-0.4, -0.2) is 23.1 Å². The third-order valence-electron chi connectivity index (χ3n) is 2.18. The molecule has 4 heteroatoms. The Morgan fingerprint density at radius 3 is 2.62 bits per heavy atom. The van der Waals surface area contributed by atoms with Crippen molar-refractivity contribution in [3.05, 3.63) is 17.5 Å². The minimum atomic E-state index is 0.414. The molecule has 0 unspecified atom stereocenters. The highest BCUT2D eigenvalue weighted by Crippen LogP contribution is 2.32. The van der Waals surface area contributed by atoms with E-state index in [0.717, 1.165) is 18.9 Å². The van der Waals surface area contributed by atoms with E-state index in [0.29, 0.717) is 10.6 Å². The van der Waals surface area contributed by atoms with Crippen LogP contribution in [0, 0.1) is 5.41 Å². The van der Waals surface area contributed by atoms with Crippen LogP contribution in [0.1, 0.15) is 13.8 Å². The molecule has 0 N–H and O–H groups in total. The zero-order chi connectivity index (χ0) is 9.47. The van der Waals surface area contributed by atoms with E-state index in [4.69, 9.17) is 11.6 Å². The Balaban J connectivity index is 2.11. The highest BCUT2D eigenvalue weighted by atomic mass is 35.5. The molecule has 1 aromatic heterocycles. The maximum Gasteiger partial charge on any atom is 0.134 e. The standard InChI is InChI=1S/C9H12ClN3/c1-9(2)4-13(5-9)8-3-7(10)11-6-12-8/h3,6H,4-5H2,1-2H3. The molecule has 0 radical (unpaired) electrons. The predicted octanol–water partition coefficient (Wildman–Crippen LogP) is 1.98. The van der Waals surface area contributed by atoms with Gasteiger partial charge in [0.15, 0.2) is 0 Å². The molecular formula is C9H12ClN3. The highest BCUT2D eigenvalue weighted by molar-refractivity contribution is 6.29. The molecule has 1 aliphatic heterocycles. The lowest BCUT2D eigenvalue weighted by molar-refractivity contribution is 0.274. The average molecular weight is 198 g/mol. The Kier molecular flexibility index (Phi) is 1.91. The average Bonchev–Trinajstić information content (AvgIpc) is 2.00. The van der Waals surface area contributed by atoms with Crippen LogP contribution in [0.4, 0.5) is 5.82 Å². The summed E-state index contributed by atoms with van der Waals surface area (Å²) in [5.74, 6) is 0.930. The van der Waals surface area contributed by atoms with E-state index in [1.807, 2.05) is 0 Å². The molecule has 0 bridgehead atoms. The molecule has 1 fully saturated rings. The molecule has 2 rings (SSSR count). The molecule has 3 nitrogen and oxygen atoms in total. The number of rotatable bonds is 1. The van der Waals surface area contributed by atoms with Gasteiger partial charge in [0, 0.05) is 19.2 Å². The maximum absolute atomic E-state index is 5.76. The Labute approximate surface area is 82.8 Å². The lowest BCUT2D eigenvalue weighted by Gasteiger charge is -2.46. The van der Waals surface area contributed by atoms with Crippen LogP contribution in [0.3, 0.4) is 0 Å². The second kappa shape index (κ2) is 2.84. The highest BCUT2D eigenvalue weighted by Gasteiger charge is 2.34. The molecule has 2 heterocycles. The molecule has 0 aromatic carbocycles. The third kappa shape index (κ3) is 1.75. The first kappa shape index (κ1) is 8.75. The van der Waals surface area contributed by atoms with Crippen LogP contribution in [0.5, 0.6) is 0 Å². The minimum absolute atomic E-state index is 0.414. The monoisotopic (exact) mass is 197 g/mol. The summed E-state index contributed by atoms with van der Waals surface area (Å²) in [6.07, 6.45) is 1.50. The number of halogens is 1. The summed E-state index contributed by atoms with van der Waals surface area (Å²) < 4.78 is 0. The molecular weight excluding hydrogens is 186 g/mol. The van der Waals surface area contributed by atoms with Gasteiger partial charge in [-0.3, -0.25) is 0 Å².